The summed E-state index contributed by atoms with van der Waals surface area (Å²) in [5.41, 5.74) is 1.83. The number of nitrogens with one attached hydrogen (secondary N) is 1. The molecule has 1 aromatic carbocycles. The molecule has 5 heteroatoms. The molecule has 0 amide bonds. The van der Waals surface area contributed by atoms with Gasteiger partial charge in [0, 0.05) is 17.1 Å². The molecule has 110 valence electrons. The Hall–Kier alpha value is -1.65. The molecule has 0 saturated carbocycles. The van der Waals surface area contributed by atoms with E-state index in [9.17, 15) is 13.2 Å². The van der Waals surface area contributed by atoms with Gasteiger partial charge in [0.1, 0.15) is 5.75 Å². The van der Waals surface area contributed by atoms with Crippen molar-refractivity contribution in [3.63, 3.8) is 0 Å². The number of H-pyrrole nitrogens is 1. The maximum absolute atomic E-state index is 12.3. The normalized spacial score (nSPS) is 14.6. The number of hydrogen-bond donors (Lipinski definition) is 1. The zero-order valence-electron chi connectivity index (χ0n) is 11.9. The fourth-order valence-corrected chi connectivity index (χ4v) is 2.14. The maximum atomic E-state index is 12.3. The number of fused-ring (bicyclic) bond motifs is 1. The van der Waals surface area contributed by atoms with Gasteiger partial charge < -0.3 is 9.72 Å². The van der Waals surface area contributed by atoms with Crippen LogP contribution in [0.3, 0.4) is 0 Å². The predicted molar refractivity (Wildman–Crippen MR) is 72.9 cm³/mol. The third-order valence-electron chi connectivity index (χ3n) is 3.68. The van der Waals surface area contributed by atoms with Gasteiger partial charge in [0.2, 0.25) is 0 Å². The van der Waals surface area contributed by atoms with Gasteiger partial charge in [-0.05, 0) is 35.1 Å². The number of halogens is 3. The molecule has 0 spiro atoms. The zero-order chi connectivity index (χ0) is 15.1. The third-order valence-corrected chi connectivity index (χ3v) is 3.68. The number of ether oxygens (including phenoxy) is 1. The van der Waals surface area contributed by atoms with E-state index in [1.807, 2.05) is 6.20 Å². The van der Waals surface area contributed by atoms with Crippen LogP contribution in [-0.2, 0) is 0 Å². The van der Waals surface area contributed by atoms with Crippen molar-refractivity contribution in [3.05, 3.63) is 30.0 Å². The number of benzene rings is 1. The maximum Gasteiger partial charge on any atom is 0.573 e. The minimum absolute atomic E-state index is 0.0238. The zero-order valence-corrected chi connectivity index (χ0v) is 11.9. The summed E-state index contributed by atoms with van der Waals surface area (Å²) in [6.45, 7) is 8.38. The molecule has 1 atom stereocenters. The molecule has 1 heterocycles. The summed E-state index contributed by atoms with van der Waals surface area (Å²) >= 11 is 0. The summed E-state index contributed by atoms with van der Waals surface area (Å²) in [5.74, 6) is 0.0179. The molecule has 1 N–H and O–H groups in total. The first-order chi connectivity index (χ1) is 9.08. The minimum Gasteiger partial charge on any atom is -0.406 e. The number of aromatic nitrogens is 1. The predicted octanol–water partition coefficient (Wildman–Crippen LogP) is 5.22. The van der Waals surface area contributed by atoms with Crippen LogP contribution in [0.4, 0.5) is 13.2 Å². The van der Waals surface area contributed by atoms with Crippen molar-refractivity contribution in [2.45, 2.75) is 40.0 Å². The van der Waals surface area contributed by atoms with Crippen LogP contribution in [0, 0.1) is 5.41 Å². The molecule has 0 saturated heterocycles. The second-order valence-electron chi connectivity index (χ2n) is 6.09. The van der Waals surface area contributed by atoms with Crippen LogP contribution in [0.15, 0.2) is 24.4 Å². The molecule has 0 bridgehead atoms. The van der Waals surface area contributed by atoms with Gasteiger partial charge in [-0.2, -0.15) is 0 Å². The highest BCUT2D eigenvalue weighted by Gasteiger charge is 2.31. The summed E-state index contributed by atoms with van der Waals surface area (Å²) < 4.78 is 40.8. The largest absolute Gasteiger partial charge is 0.573 e. The van der Waals surface area contributed by atoms with Crippen LogP contribution in [0.1, 0.15) is 39.2 Å². The Labute approximate surface area is 115 Å². The van der Waals surface area contributed by atoms with E-state index in [2.05, 4.69) is 37.4 Å². The van der Waals surface area contributed by atoms with E-state index in [1.165, 1.54) is 12.1 Å². The van der Waals surface area contributed by atoms with Crippen molar-refractivity contribution in [2.24, 2.45) is 5.41 Å². The lowest BCUT2D eigenvalue weighted by Crippen LogP contribution is -2.17. The summed E-state index contributed by atoms with van der Waals surface area (Å²) in [6.07, 6.45) is -2.81. The van der Waals surface area contributed by atoms with Gasteiger partial charge >= 0.3 is 6.36 Å². The van der Waals surface area contributed by atoms with Gasteiger partial charge in [0.05, 0.1) is 0 Å². The summed E-state index contributed by atoms with van der Waals surface area (Å²) in [7, 11) is 0. The van der Waals surface area contributed by atoms with E-state index in [-0.39, 0.29) is 17.1 Å². The summed E-state index contributed by atoms with van der Waals surface area (Å²) in [6, 6.07) is 4.37. The molecule has 20 heavy (non-hydrogen) atoms. The first-order valence-corrected chi connectivity index (χ1v) is 6.45. The van der Waals surface area contributed by atoms with Crippen LogP contribution in [0.25, 0.3) is 10.9 Å². The Kier molecular flexibility index (Phi) is 3.48. The highest BCUT2D eigenvalue weighted by molar-refractivity contribution is 5.85. The Morgan fingerprint density at radius 3 is 2.35 bits per heavy atom. The Morgan fingerprint density at radius 1 is 1.15 bits per heavy atom. The van der Waals surface area contributed by atoms with Gasteiger partial charge in [-0.25, -0.2) is 0 Å². The number of aromatic amines is 1. The monoisotopic (exact) mass is 285 g/mol. The van der Waals surface area contributed by atoms with Crippen molar-refractivity contribution < 1.29 is 17.9 Å². The minimum atomic E-state index is -4.67. The highest BCUT2D eigenvalue weighted by Crippen LogP contribution is 2.39. The SMILES string of the molecule is CC(c1c[nH]c2ccc(OC(F)(F)F)cc12)C(C)(C)C. The topological polar surface area (TPSA) is 25.0 Å². The van der Waals surface area contributed by atoms with E-state index in [0.717, 1.165) is 16.5 Å². The molecule has 0 aliphatic heterocycles. The quantitative estimate of drug-likeness (QED) is 0.804. The lowest BCUT2D eigenvalue weighted by atomic mass is 9.78. The first-order valence-electron chi connectivity index (χ1n) is 6.45. The van der Waals surface area contributed by atoms with Gasteiger partial charge in [0.15, 0.2) is 0 Å². The van der Waals surface area contributed by atoms with E-state index < -0.39 is 6.36 Å². The van der Waals surface area contributed by atoms with Crippen LogP contribution in [-0.4, -0.2) is 11.3 Å². The van der Waals surface area contributed by atoms with Crippen molar-refractivity contribution in [1.29, 1.82) is 0 Å². The van der Waals surface area contributed by atoms with Crippen LogP contribution < -0.4 is 4.74 Å². The summed E-state index contributed by atoms with van der Waals surface area (Å²) in [4.78, 5) is 3.09. The van der Waals surface area contributed by atoms with Crippen LogP contribution in [0.2, 0.25) is 0 Å². The number of alkyl halides is 3. The van der Waals surface area contributed by atoms with Crippen LogP contribution in [0.5, 0.6) is 5.75 Å². The third kappa shape index (κ3) is 3.08. The number of hydrogen-bond acceptors (Lipinski definition) is 1. The van der Waals surface area contributed by atoms with Crippen LogP contribution >= 0.6 is 0 Å². The van der Waals surface area contributed by atoms with Crippen molar-refractivity contribution in [3.8, 4) is 5.75 Å². The molecule has 1 unspecified atom stereocenters. The molecule has 2 aromatic rings. The average Bonchev–Trinajstić information content (AvgIpc) is 2.67. The standard InChI is InChI=1S/C15H18F3NO/c1-9(14(2,3)4)12-8-19-13-6-5-10(7-11(12)13)20-15(16,17)18/h5-9,19H,1-4H3. The van der Waals surface area contributed by atoms with Crippen molar-refractivity contribution >= 4 is 10.9 Å². The number of rotatable bonds is 2. The lowest BCUT2D eigenvalue weighted by molar-refractivity contribution is -0.274. The van der Waals surface area contributed by atoms with Gasteiger partial charge in [-0.15, -0.1) is 13.2 Å². The second kappa shape index (κ2) is 4.72. The first kappa shape index (κ1) is 14.8. The van der Waals surface area contributed by atoms with E-state index in [1.54, 1.807) is 6.07 Å². The molecular weight excluding hydrogens is 267 g/mol. The molecule has 0 radical (unpaired) electrons. The lowest BCUT2D eigenvalue weighted by Gasteiger charge is -2.27. The molecule has 0 aliphatic rings. The fraction of sp³-hybridized carbons (Fsp3) is 0.467. The fourth-order valence-electron chi connectivity index (χ4n) is 2.14. The van der Waals surface area contributed by atoms with Gasteiger partial charge in [-0.3, -0.25) is 0 Å². The van der Waals surface area contributed by atoms with Gasteiger partial charge in [-0.1, -0.05) is 27.7 Å². The molecule has 2 rings (SSSR count). The molecule has 1 aromatic heterocycles. The molecule has 2 nitrogen and oxygen atoms in total. The highest BCUT2D eigenvalue weighted by atomic mass is 19.4. The van der Waals surface area contributed by atoms with Gasteiger partial charge in [0.25, 0.3) is 0 Å². The molecule has 0 aliphatic carbocycles. The van der Waals surface area contributed by atoms with Crippen molar-refractivity contribution in [2.75, 3.05) is 0 Å². The Bertz CT molecular complexity index is 608. The molecule has 0 fully saturated rings. The van der Waals surface area contributed by atoms with Crippen molar-refractivity contribution in [1.82, 2.24) is 4.98 Å². The molecular formula is C15H18F3NO. The smallest absolute Gasteiger partial charge is 0.406 e. The Morgan fingerprint density at radius 2 is 1.80 bits per heavy atom. The summed E-state index contributed by atoms with van der Waals surface area (Å²) in [5, 5.41) is 0.772. The van der Waals surface area contributed by atoms with E-state index >= 15 is 0 Å². The average molecular weight is 285 g/mol. The van der Waals surface area contributed by atoms with E-state index in [0.29, 0.717) is 0 Å². The van der Waals surface area contributed by atoms with E-state index in [4.69, 9.17) is 0 Å². The Balaban J connectivity index is 2.45. The second-order valence-corrected chi connectivity index (χ2v) is 6.09.